The third kappa shape index (κ3) is 4.60. The molecule has 0 bridgehead atoms. The molecule has 0 radical (unpaired) electrons. The fourth-order valence-corrected chi connectivity index (χ4v) is 2.96. The zero-order chi connectivity index (χ0) is 16.1. The average molecular weight is 347 g/mol. The Labute approximate surface area is 140 Å². The number of thioether (sulfide) groups is 1. The van der Waals surface area contributed by atoms with Crippen LogP contribution in [-0.4, -0.2) is 32.1 Å². The molecule has 0 atom stereocenters. The van der Waals surface area contributed by atoms with Gasteiger partial charge in [-0.2, -0.15) is 0 Å². The number of aryl methyl sites for hydroxylation is 1. The number of carbonyl (C=O) groups is 1. The van der Waals surface area contributed by atoms with Crippen LogP contribution in [0.25, 0.3) is 0 Å². The molecule has 0 unspecified atom stereocenters. The highest BCUT2D eigenvalue weighted by Crippen LogP contribution is 2.19. The Kier molecular flexibility index (Phi) is 4.99. The van der Waals surface area contributed by atoms with Gasteiger partial charge in [0.1, 0.15) is 5.01 Å². The lowest BCUT2D eigenvalue weighted by atomic mass is 10.2. The molecule has 3 rings (SSSR count). The van der Waals surface area contributed by atoms with Crippen LogP contribution in [0, 0.1) is 6.92 Å². The second-order valence-corrected chi connectivity index (χ2v) is 6.70. The van der Waals surface area contributed by atoms with Crippen LogP contribution in [0.15, 0.2) is 40.0 Å². The maximum absolute atomic E-state index is 11.8. The van der Waals surface area contributed by atoms with E-state index in [0.717, 1.165) is 10.6 Å². The van der Waals surface area contributed by atoms with Gasteiger partial charge in [0, 0.05) is 0 Å². The number of aromatic nitrogens is 4. The normalized spacial score (nSPS) is 10.7. The van der Waals surface area contributed by atoms with Crippen molar-refractivity contribution >= 4 is 34.1 Å². The molecule has 0 fully saturated rings. The molecule has 0 aliphatic carbocycles. The number of nitrogens with zero attached hydrogens (tertiary/aromatic N) is 4. The Morgan fingerprint density at radius 2 is 2.04 bits per heavy atom. The van der Waals surface area contributed by atoms with Crippen LogP contribution in [0.3, 0.4) is 0 Å². The minimum absolute atomic E-state index is 0.172. The van der Waals surface area contributed by atoms with E-state index in [-0.39, 0.29) is 11.7 Å². The second-order valence-electron chi connectivity index (χ2n) is 4.59. The Bertz CT molecular complexity index is 787. The van der Waals surface area contributed by atoms with Crippen LogP contribution >= 0.6 is 23.1 Å². The summed E-state index contributed by atoms with van der Waals surface area (Å²) >= 11 is 2.52. The maximum Gasteiger partial charge on any atom is 0.277 e. The molecule has 3 aromatic rings. The van der Waals surface area contributed by atoms with E-state index in [1.54, 1.807) is 0 Å². The average Bonchev–Trinajstić information content (AvgIpc) is 3.15. The predicted octanol–water partition coefficient (Wildman–Crippen LogP) is 2.55. The molecule has 7 nitrogen and oxygen atoms in total. The van der Waals surface area contributed by atoms with Gasteiger partial charge in [-0.15, -0.1) is 20.4 Å². The summed E-state index contributed by atoms with van der Waals surface area (Å²) in [5.41, 5.74) is 1.09. The Morgan fingerprint density at radius 3 is 2.78 bits per heavy atom. The van der Waals surface area contributed by atoms with E-state index >= 15 is 0 Å². The van der Waals surface area contributed by atoms with Crippen molar-refractivity contribution in [1.29, 1.82) is 0 Å². The predicted molar refractivity (Wildman–Crippen MR) is 87.5 cm³/mol. The fraction of sp³-hybridized carbons (Fsp3) is 0.214. The first-order valence-electron chi connectivity index (χ1n) is 6.78. The molecule has 2 aromatic heterocycles. The summed E-state index contributed by atoms with van der Waals surface area (Å²) < 4.78 is 5.53. The van der Waals surface area contributed by atoms with Crippen LogP contribution in [0.1, 0.15) is 16.5 Å². The van der Waals surface area contributed by atoms with Gasteiger partial charge in [0.25, 0.3) is 5.22 Å². The summed E-state index contributed by atoms with van der Waals surface area (Å²) in [7, 11) is 0. The van der Waals surface area contributed by atoms with Gasteiger partial charge in [0.15, 0.2) is 0 Å². The van der Waals surface area contributed by atoms with Crippen molar-refractivity contribution in [2.45, 2.75) is 18.6 Å². The number of anilines is 1. The van der Waals surface area contributed by atoms with Crippen molar-refractivity contribution in [2.75, 3.05) is 11.1 Å². The van der Waals surface area contributed by atoms with E-state index in [0.29, 0.717) is 22.7 Å². The highest BCUT2D eigenvalue weighted by Gasteiger charge is 2.11. The number of hydrogen-bond donors (Lipinski definition) is 1. The molecular formula is C14H13N5O2S2. The number of hydrogen-bond acceptors (Lipinski definition) is 8. The zero-order valence-corrected chi connectivity index (χ0v) is 13.9. The topological polar surface area (TPSA) is 93.8 Å². The molecule has 0 aliphatic heterocycles. The minimum atomic E-state index is -0.186. The number of benzene rings is 1. The second kappa shape index (κ2) is 7.34. The van der Waals surface area contributed by atoms with Gasteiger partial charge >= 0.3 is 0 Å². The SMILES string of the molecule is Cc1nnc(NC(=O)CSc2nnc(Cc3ccccc3)o2)s1. The molecule has 0 spiro atoms. The van der Waals surface area contributed by atoms with Crippen molar-refractivity contribution in [3.05, 3.63) is 46.8 Å². The molecule has 9 heteroatoms. The van der Waals surface area contributed by atoms with E-state index in [1.165, 1.54) is 23.1 Å². The minimum Gasteiger partial charge on any atom is -0.416 e. The Hall–Kier alpha value is -2.26. The molecule has 1 aromatic carbocycles. The summed E-state index contributed by atoms with van der Waals surface area (Å²) in [6.45, 7) is 1.83. The smallest absolute Gasteiger partial charge is 0.277 e. The van der Waals surface area contributed by atoms with Crippen LogP contribution in [0.4, 0.5) is 5.13 Å². The van der Waals surface area contributed by atoms with E-state index in [1.807, 2.05) is 37.3 Å². The molecule has 2 heterocycles. The van der Waals surface area contributed by atoms with E-state index < -0.39 is 0 Å². The number of carbonyl (C=O) groups excluding carboxylic acids is 1. The van der Waals surface area contributed by atoms with Gasteiger partial charge in [0.05, 0.1) is 12.2 Å². The van der Waals surface area contributed by atoms with E-state index in [9.17, 15) is 4.79 Å². The molecule has 23 heavy (non-hydrogen) atoms. The quantitative estimate of drug-likeness (QED) is 0.685. The number of nitrogens with one attached hydrogen (secondary N) is 1. The summed E-state index contributed by atoms with van der Waals surface area (Å²) in [6.07, 6.45) is 0.574. The lowest BCUT2D eigenvalue weighted by molar-refractivity contribution is -0.113. The molecule has 0 saturated carbocycles. The molecule has 118 valence electrons. The third-order valence-electron chi connectivity index (χ3n) is 2.75. The van der Waals surface area contributed by atoms with Crippen LogP contribution in [-0.2, 0) is 11.2 Å². The monoisotopic (exact) mass is 347 g/mol. The first-order chi connectivity index (χ1) is 11.2. The summed E-state index contributed by atoms with van der Waals surface area (Å²) in [4.78, 5) is 11.8. The molecular weight excluding hydrogens is 334 g/mol. The standard InChI is InChI=1S/C14H13N5O2S2/c1-9-16-18-13(23-9)15-11(20)8-22-14-19-17-12(21-14)7-10-5-3-2-4-6-10/h2-6H,7-8H2,1H3,(H,15,18,20). The molecule has 1 N–H and O–H groups in total. The van der Waals surface area contributed by atoms with E-state index in [4.69, 9.17) is 4.42 Å². The lowest BCUT2D eigenvalue weighted by Gasteiger charge is -1.98. The molecule has 1 amide bonds. The van der Waals surface area contributed by atoms with Crippen LogP contribution < -0.4 is 5.32 Å². The first kappa shape index (κ1) is 15.6. The summed E-state index contributed by atoms with van der Waals surface area (Å²) in [6, 6.07) is 9.86. The van der Waals surface area contributed by atoms with Crippen molar-refractivity contribution in [1.82, 2.24) is 20.4 Å². The van der Waals surface area contributed by atoms with Gasteiger partial charge < -0.3 is 4.42 Å². The summed E-state index contributed by atoms with van der Waals surface area (Å²) in [5, 5.41) is 19.9. The zero-order valence-electron chi connectivity index (χ0n) is 12.2. The van der Waals surface area contributed by atoms with Crippen molar-refractivity contribution in [2.24, 2.45) is 0 Å². The lowest BCUT2D eigenvalue weighted by Crippen LogP contribution is -2.13. The first-order valence-corrected chi connectivity index (χ1v) is 8.58. The third-order valence-corrected chi connectivity index (χ3v) is 4.32. The molecule has 0 saturated heterocycles. The van der Waals surface area contributed by atoms with Gasteiger partial charge in [-0.3, -0.25) is 10.1 Å². The van der Waals surface area contributed by atoms with E-state index in [2.05, 4.69) is 25.7 Å². The van der Waals surface area contributed by atoms with Crippen molar-refractivity contribution in [3.8, 4) is 0 Å². The summed E-state index contributed by atoms with van der Waals surface area (Å²) in [5.74, 6) is 0.513. The highest BCUT2D eigenvalue weighted by molar-refractivity contribution is 7.99. The van der Waals surface area contributed by atoms with Gasteiger partial charge in [0.2, 0.25) is 16.9 Å². The van der Waals surface area contributed by atoms with Gasteiger partial charge in [-0.05, 0) is 12.5 Å². The Balaban J connectivity index is 1.50. The van der Waals surface area contributed by atoms with Gasteiger partial charge in [-0.25, -0.2) is 0 Å². The van der Waals surface area contributed by atoms with Crippen LogP contribution in [0.2, 0.25) is 0 Å². The van der Waals surface area contributed by atoms with Crippen molar-refractivity contribution < 1.29 is 9.21 Å². The maximum atomic E-state index is 11.8. The van der Waals surface area contributed by atoms with Gasteiger partial charge in [-0.1, -0.05) is 53.4 Å². The molecule has 0 aliphatic rings. The largest absolute Gasteiger partial charge is 0.416 e. The number of amides is 1. The fourth-order valence-electron chi connectivity index (χ4n) is 1.77. The van der Waals surface area contributed by atoms with Crippen molar-refractivity contribution in [3.63, 3.8) is 0 Å². The van der Waals surface area contributed by atoms with Crippen LogP contribution in [0.5, 0.6) is 0 Å². The highest BCUT2D eigenvalue weighted by atomic mass is 32.2. The number of rotatable bonds is 6. The Morgan fingerprint density at radius 1 is 1.22 bits per heavy atom.